The van der Waals surface area contributed by atoms with Crippen LogP contribution in [-0.2, 0) is 6.54 Å². The number of aromatic amines is 1. The first-order valence-electron chi connectivity index (χ1n) is 8.01. The van der Waals surface area contributed by atoms with Gasteiger partial charge in [0.2, 0.25) is 0 Å². The molecule has 4 rings (SSSR count). The Morgan fingerprint density at radius 2 is 2.04 bits per heavy atom. The largest absolute Gasteiger partial charge is 0.328 e. The van der Waals surface area contributed by atoms with Crippen molar-refractivity contribution < 1.29 is 9.69 Å². The molecule has 3 heterocycles. The summed E-state index contributed by atoms with van der Waals surface area (Å²) >= 11 is 7.63. The summed E-state index contributed by atoms with van der Waals surface area (Å²) in [4.78, 5) is 17.5. The number of hydrogen-bond donors (Lipinski definition) is 2. The van der Waals surface area contributed by atoms with E-state index >= 15 is 0 Å². The quantitative estimate of drug-likeness (QED) is 0.747. The molecule has 1 saturated heterocycles. The van der Waals surface area contributed by atoms with Gasteiger partial charge in [-0.05, 0) is 18.2 Å². The first-order valence-corrected chi connectivity index (χ1v) is 9.20. The summed E-state index contributed by atoms with van der Waals surface area (Å²) in [5.41, 5.74) is 1.43. The first kappa shape index (κ1) is 15.6. The molecule has 0 atom stereocenters. The van der Waals surface area contributed by atoms with Gasteiger partial charge in [-0.2, -0.15) is 5.10 Å². The van der Waals surface area contributed by atoms with Gasteiger partial charge in [-0.1, -0.05) is 29.8 Å². The van der Waals surface area contributed by atoms with Crippen molar-refractivity contribution in [3.05, 3.63) is 51.3 Å². The van der Waals surface area contributed by atoms with Crippen molar-refractivity contribution in [2.75, 3.05) is 26.2 Å². The summed E-state index contributed by atoms with van der Waals surface area (Å²) in [5.74, 6) is 0.0191. The smallest absolute Gasteiger partial charge is 0.275 e. The molecule has 1 amide bonds. The van der Waals surface area contributed by atoms with Crippen LogP contribution in [0.4, 0.5) is 0 Å². The monoisotopic (exact) mass is 361 g/mol. The van der Waals surface area contributed by atoms with Crippen LogP contribution in [0.3, 0.4) is 0 Å². The fourth-order valence-electron chi connectivity index (χ4n) is 3.17. The number of carbonyl (C=O) groups is 1. The van der Waals surface area contributed by atoms with E-state index < -0.39 is 0 Å². The van der Waals surface area contributed by atoms with Crippen molar-refractivity contribution in [2.45, 2.75) is 6.54 Å². The predicted octanol–water partition coefficient (Wildman–Crippen LogP) is 1.82. The topological polar surface area (TPSA) is 53.4 Å². The Hall–Kier alpha value is -1.89. The third kappa shape index (κ3) is 3.05. The van der Waals surface area contributed by atoms with E-state index in [1.54, 1.807) is 11.3 Å². The third-order valence-electron chi connectivity index (χ3n) is 4.48. The minimum atomic E-state index is 0.0191. The maximum absolute atomic E-state index is 12.8. The molecule has 0 aliphatic carbocycles. The molecule has 1 aromatic carbocycles. The number of quaternary nitrogens is 1. The fraction of sp³-hybridized carbons (Fsp3) is 0.294. The fourth-order valence-corrected chi connectivity index (χ4v) is 4.33. The number of nitrogens with zero attached hydrogens (tertiary/aromatic N) is 2. The molecule has 0 bridgehead atoms. The average molecular weight is 362 g/mol. The average Bonchev–Trinajstić information content (AvgIpc) is 3.21. The third-order valence-corrected chi connectivity index (χ3v) is 5.71. The van der Waals surface area contributed by atoms with Gasteiger partial charge in [0.25, 0.3) is 5.91 Å². The van der Waals surface area contributed by atoms with Gasteiger partial charge in [-0.3, -0.25) is 9.89 Å². The number of benzene rings is 1. The number of hydrogen-bond acceptors (Lipinski definition) is 3. The Kier molecular flexibility index (Phi) is 4.26. The van der Waals surface area contributed by atoms with Crippen molar-refractivity contribution in [3.8, 4) is 0 Å². The lowest BCUT2D eigenvalue weighted by Gasteiger charge is -2.31. The molecule has 124 valence electrons. The summed E-state index contributed by atoms with van der Waals surface area (Å²) in [6.45, 7) is 4.39. The van der Waals surface area contributed by atoms with Gasteiger partial charge in [0.1, 0.15) is 6.54 Å². The van der Waals surface area contributed by atoms with E-state index in [1.165, 1.54) is 9.78 Å². The second kappa shape index (κ2) is 6.55. The Morgan fingerprint density at radius 1 is 1.25 bits per heavy atom. The molecule has 0 saturated carbocycles. The van der Waals surface area contributed by atoms with Crippen molar-refractivity contribution in [3.63, 3.8) is 0 Å². The molecule has 0 spiro atoms. The number of nitrogens with one attached hydrogen (secondary N) is 2. The minimum absolute atomic E-state index is 0.0191. The van der Waals surface area contributed by atoms with E-state index in [2.05, 4.69) is 16.3 Å². The van der Waals surface area contributed by atoms with Crippen molar-refractivity contribution in [2.24, 2.45) is 0 Å². The van der Waals surface area contributed by atoms with Crippen LogP contribution in [0.15, 0.2) is 36.4 Å². The number of carbonyl (C=O) groups excluding carboxylic acids is 1. The highest BCUT2D eigenvalue weighted by atomic mass is 35.5. The van der Waals surface area contributed by atoms with E-state index in [0.29, 0.717) is 5.69 Å². The van der Waals surface area contributed by atoms with Gasteiger partial charge in [-0.15, -0.1) is 11.3 Å². The summed E-state index contributed by atoms with van der Waals surface area (Å²) in [6.07, 6.45) is 0. The number of rotatable bonds is 3. The number of thiophene rings is 1. The van der Waals surface area contributed by atoms with Crippen LogP contribution in [0.5, 0.6) is 0 Å². The van der Waals surface area contributed by atoms with Crippen molar-refractivity contribution in [1.82, 2.24) is 15.1 Å². The molecule has 0 radical (unpaired) electrons. The van der Waals surface area contributed by atoms with E-state index in [0.717, 1.165) is 48.0 Å². The van der Waals surface area contributed by atoms with E-state index in [9.17, 15) is 4.79 Å². The van der Waals surface area contributed by atoms with E-state index in [4.69, 9.17) is 11.6 Å². The van der Waals surface area contributed by atoms with Crippen molar-refractivity contribution >= 4 is 39.7 Å². The highest BCUT2D eigenvalue weighted by Crippen LogP contribution is 2.20. The van der Waals surface area contributed by atoms with E-state index in [1.807, 2.05) is 35.2 Å². The molecular formula is C17H18ClN4OS+. The lowest BCUT2D eigenvalue weighted by atomic mass is 10.2. The number of H-pyrrole nitrogens is 1. The molecule has 7 heteroatoms. The predicted molar refractivity (Wildman–Crippen MR) is 95.7 cm³/mol. The lowest BCUT2D eigenvalue weighted by Crippen LogP contribution is -3.13. The number of piperazine rings is 1. The molecule has 2 N–H and O–H groups in total. The summed E-state index contributed by atoms with van der Waals surface area (Å²) < 4.78 is 0.837. The summed E-state index contributed by atoms with van der Waals surface area (Å²) in [5, 5.41) is 8.06. The number of halogens is 1. The molecule has 5 nitrogen and oxygen atoms in total. The first-order chi connectivity index (χ1) is 11.7. The van der Waals surface area contributed by atoms with Crippen LogP contribution in [0.1, 0.15) is 15.4 Å². The second-order valence-corrected chi connectivity index (χ2v) is 7.84. The normalized spacial score (nSPS) is 16.0. The maximum atomic E-state index is 12.8. The number of amides is 1. The zero-order valence-electron chi connectivity index (χ0n) is 13.1. The van der Waals surface area contributed by atoms with E-state index in [-0.39, 0.29) is 5.91 Å². The van der Waals surface area contributed by atoms with Crippen LogP contribution >= 0.6 is 22.9 Å². The van der Waals surface area contributed by atoms with Crippen molar-refractivity contribution in [1.29, 1.82) is 0 Å². The van der Waals surface area contributed by atoms with Gasteiger partial charge in [0.15, 0.2) is 5.69 Å². The zero-order chi connectivity index (χ0) is 16.5. The Bertz CT molecular complexity index is 866. The zero-order valence-corrected chi connectivity index (χ0v) is 14.7. The van der Waals surface area contributed by atoms with Gasteiger partial charge < -0.3 is 9.80 Å². The summed E-state index contributed by atoms with van der Waals surface area (Å²) in [7, 11) is 0. The SMILES string of the molecule is O=C(c1n[nH]c2ccccc12)N1CC[NH+](Cc2ccc(Cl)s2)CC1. The molecule has 1 aliphatic rings. The summed E-state index contributed by atoms with van der Waals surface area (Å²) in [6, 6.07) is 11.8. The number of para-hydroxylation sites is 1. The van der Waals surface area contributed by atoms with Crippen LogP contribution in [0.25, 0.3) is 10.9 Å². The number of aromatic nitrogens is 2. The molecule has 24 heavy (non-hydrogen) atoms. The highest BCUT2D eigenvalue weighted by Gasteiger charge is 2.27. The molecule has 1 fully saturated rings. The van der Waals surface area contributed by atoms with Crippen LogP contribution < -0.4 is 4.90 Å². The van der Waals surface area contributed by atoms with Crippen LogP contribution in [0, 0.1) is 0 Å². The van der Waals surface area contributed by atoms with Gasteiger partial charge in [0.05, 0.1) is 40.9 Å². The Balaban J connectivity index is 1.41. The minimum Gasteiger partial charge on any atom is -0.328 e. The van der Waals surface area contributed by atoms with Crippen LogP contribution in [0.2, 0.25) is 4.34 Å². The van der Waals surface area contributed by atoms with Gasteiger partial charge >= 0.3 is 0 Å². The van der Waals surface area contributed by atoms with Gasteiger partial charge in [-0.25, -0.2) is 0 Å². The molecular weight excluding hydrogens is 344 g/mol. The molecule has 3 aromatic rings. The van der Waals surface area contributed by atoms with Crippen LogP contribution in [-0.4, -0.2) is 47.2 Å². The second-order valence-electron chi connectivity index (χ2n) is 6.04. The van der Waals surface area contributed by atoms with Gasteiger partial charge in [0, 0.05) is 5.39 Å². The highest BCUT2D eigenvalue weighted by molar-refractivity contribution is 7.16. The Morgan fingerprint density at radius 3 is 2.79 bits per heavy atom. The molecule has 2 aromatic heterocycles. The lowest BCUT2D eigenvalue weighted by molar-refractivity contribution is -0.917. The Labute approximate surface area is 148 Å². The number of fused-ring (bicyclic) bond motifs is 1. The molecule has 0 unspecified atom stereocenters. The molecule has 1 aliphatic heterocycles. The maximum Gasteiger partial charge on any atom is 0.275 e. The standard InChI is InChI=1S/C17H17ClN4OS/c18-15-6-5-12(24-15)11-21-7-9-22(10-8-21)17(23)16-13-3-1-2-4-14(13)19-20-16/h1-6H,7-11H2,(H,19,20)/p+1.